The molecule has 11 N–H and O–H groups in total. The van der Waals surface area contributed by atoms with Crippen molar-refractivity contribution in [2.75, 3.05) is 59.5 Å². The minimum atomic E-state index is -1.91. The third kappa shape index (κ3) is 12.7. The number of carboxylic acid groups (broad SMARTS) is 1. The molecule has 23 nitrogen and oxygen atoms in total. The van der Waals surface area contributed by atoms with Crippen LogP contribution in [0.1, 0.15) is 40.5 Å². The molecule has 4 fully saturated rings. The van der Waals surface area contributed by atoms with E-state index in [1.807, 2.05) is 6.92 Å². The minimum absolute atomic E-state index is 0.0665. The summed E-state index contributed by atoms with van der Waals surface area (Å²) >= 11 is 0. The van der Waals surface area contributed by atoms with E-state index < -0.39 is 178 Å². The average Bonchev–Trinajstić information content (AvgIpc) is 3.24. The Balaban J connectivity index is 1.32. The number of aliphatic carboxylic acids is 1. The van der Waals surface area contributed by atoms with Crippen LogP contribution in [0.5, 0.6) is 0 Å². The molecule has 0 amide bonds. The third-order valence-corrected chi connectivity index (χ3v) is 12.2. The van der Waals surface area contributed by atoms with Crippen molar-refractivity contribution >= 4 is 17.9 Å². The Morgan fingerprint density at radius 2 is 1.06 bits per heavy atom. The largest absolute Gasteiger partial charge is 0.479 e. The molecule has 4 aliphatic heterocycles. The molecule has 4 heterocycles. The average molecular weight is 903 g/mol. The summed E-state index contributed by atoms with van der Waals surface area (Å²) in [6.45, 7) is 2.22. The van der Waals surface area contributed by atoms with E-state index in [1.165, 1.54) is 0 Å². The van der Waals surface area contributed by atoms with Crippen molar-refractivity contribution < 1.29 is 113 Å². The number of rotatable bonds is 21. The number of aliphatic hydroxyl groups excluding tert-OH is 10. The van der Waals surface area contributed by atoms with E-state index in [1.54, 1.807) is 13.8 Å². The maximum absolute atomic E-state index is 12.5. The van der Waals surface area contributed by atoms with Crippen molar-refractivity contribution in [3.8, 4) is 0 Å². The van der Waals surface area contributed by atoms with Crippen LogP contribution in [0.25, 0.3) is 0 Å². The normalized spacial score (nSPS) is 41.9. The number of esters is 2. The third-order valence-electron chi connectivity index (χ3n) is 12.2. The van der Waals surface area contributed by atoms with Gasteiger partial charge < -0.3 is 98.8 Å². The Morgan fingerprint density at radius 1 is 0.565 bits per heavy atom. The topological polar surface area (TPSA) is 357 Å². The monoisotopic (exact) mass is 902 g/mol. The lowest BCUT2D eigenvalue weighted by atomic mass is 9.84. The van der Waals surface area contributed by atoms with Crippen molar-refractivity contribution in [2.24, 2.45) is 23.7 Å². The van der Waals surface area contributed by atoms with Gasteiger partial charge >= 0.3 is 17.9 Å². The lowest BCUT2D eigenvalue weighted by molar-refractivity contribution is -0.250. The van der Waals surface area contributed by atoms with Crippen molar-refractivity contribution in [1.82, 2.24) is 0 Å². The van der Waals surface area contributed by atoms with Gasteiger partial charge in [0.25, 0.3) is 0 Å². The maximum Gasteiger partial charge on any atom is 0.337 e. The minimum Gasteiger partial charge on any atom is -0.479 e. The predicted molar refractivity (Wildman–Crippen MR) is 204 cm³/mol. The molecule has 4 rings (SSSR count). The van der Waals surface area contributed by atoms with Crippen LogP contribution in [-0.4, -0.2) is 237 Å². The summed E-state index contributed by atoms with van der Waals surface area (Å²) in [4.78, 5) is 36.3. The lowest BCUT2D eigenvalue weighted by Gasteiger charge is -2.45. The van der Waals surface area contributed by atoms with E-state index >= 15 is 0 Å². The predicted octanol–water partition coefficient (Wildman–Crippen LogP) is -5.16. The van der Waals surface area contributed by atoms with Crippen LogP contribution in [0.2, 0.25) is 0 Å². The van der Waals surface area contributed by atoms with Crippen LogP contribution in [0.4, 0.5) is 0 Å². The van der Waals surface area contributed by atoms with Crippen molar-refractivity contribution in [1.29, 1.82) is 0 Å². The number of ether oxygens (including phenoxy) is 9. The van der Waals surface area contributed by atoms with Gasteiger partial charge in [0.1, 0.15) is 55.4 Å². The van der Waals surface area contributed by atoms with Gasteiger partial charge in [0.15, 0.2) is 12.2 Å². The van der Waals surface area contributed by atoms with Gasteiger partial charge in [-0.05, 0) is 19.8 Å². The quantitative estimate of drug-likeness (QED) is 0.0480. The zero-order valence-electron chi connectivity index (χ0n) is 35.2. The Labute approximate surface area is 358 Å². The van der Waals surface area contributed by atoms with Crippen LogP contribution >= 0.6 is 0 Å². The zero-order chi connectivity index (χ0) is 46.0. The summed E-state index contributed by atoms with van der Waals surface area (Å²) in [6.07, 6.45) is -21.2. The molecule has 0 saturated carbocycles. The fourth-order valence-electron chi connectivity index (χ4n) is 8.47. The molecule has 21 unspecified atom stereocenters. The number of carbonyl (C=O) groups excluding carboxylic acids is 2. The molecule has 0 aliphatic carbocycles. The highest BCUT2D eigenvalue weighted by Gasteiger charge is 2.51. The second-order valence-electron chi connectivity index (χ2n) is 16.3. The second kappa shape index (κ2) is 24.3. The fraction of sp³-hybridized carbons (Fsp3) is 0.923. The summed E-state index contributed by atoms with van der Waals surface area (Å²) in [5, 5.41) is 115. The van der Waals surface area contributed by atoms with Gasteiger partial charge in [0, 0.05) is 30.6 Å². The van der Waals surface area contributed by atoms with Crippen molar-refractivity contribution in [3.05, 3.63) is 0 Å². The van der Waals surface area contributed by atoms with Gasteiger partial charge in [0.05, 0.1) is 95.6 Å². The Kier molecular flexibility index (Phi) is 20.5. The van der Waals surface area contributed by atoms with Crippen LogP contribution in [-0.2, 0) is 57.0 Å². The molecular weight excluding hydrogens is 836 g/mol. The number of aliphatic hydroxyl groups is 10. The molecule has 0 bridgehead atoms. The SMILES string of the molecule is CCC1OC(C)C(COCC2OC(CO)C(COCC3OC(C(=O)O)C(COCC4OC(COC(C)=O)C(O)C(CC)C4OC(=O)C(O)CO)C(O)C3O)C(O)C2O)C(O)C1O. The van der Waals surface area contributed by atoms with Gasteiger partial charge in [-0.15, -0.1) is 0 Å². The fourth-order valence-corrected chi connectivity index (χ4v) is 8.47. The number of carbonyl (C=O) groups is 3. The van der Waals surface area contributed by atoms with Crippen LogP contribution in [0.15, 0.2) is 0 Å². The number of hydrogen-bond acceptors (Lipinski definition) is 22. The lowest BCUT2D eigenvalue weighted by Crippen LogP contribution is -2.60. The number of hydrogen-bond donors (Lipinski definition) is 11. The van der Waals surface area contributed by atoms with E-state index in [9.17, 15) is 70.6 Å². The summed E-state index contributed by atoms with van der Waals surface area (Å²) < 4.78 is 50.7. The van der Waals surface area contributed by atoms with Gasteiger partial charge in [0.2, 0.25) is 0 Å². The molecular formula is C39H66O23. The second-order valence-corrected chi connectivity index (χ2v) is 16.3. The molecule has 0 radical (unpaired) electrons. The smallest absolute Gasteiger partial charge is 0.337 e. The van der Waals surface area contributed by atoms with Gasteiger partial charge in [-0.2, -0.15) is 0 Å². The Hall–Kier alpha value is -2.27. The molecule has 23 heteroatoms. The zero-order valence-corrected chi connectivity index (χ0v) is 35.2. The van der Waals surface area contributed by atoms with Crippen LogP contribution < -0.4 is 0 Å². The molecule has 0 spiro atoms. The highest BCUT2D eigenvalue weighted by Crippen LogP contribution is 2.34. The standard InChI is InChI=1S/C39H66O23/c1-5-18-29(44)27(15-57-17(4)42)60-28(36(18)62-39(53)22(43)7-40)14-56-11-21-32(47)35(50)26(61-37(21)38(51)52)13-55-10-20-24(8-41)59-25(34(49)31(20)46)12-54-9-19-16(3)58-23(6-2)33(48)30(19)45/h16,18-37,40-41,43-50H,5-15H2,1-4H3,(H,51,52). The molecule has 62 heavy (non-hydrogen) atoms. The van der Waals surface area contributed by atoms with Gasteiger partial charge in [-0.3, -0.25) is 4.79 Å². The van der Waals surface area contributed by atoms with Crippen LogP contribution in [0, 0.1) is 23.7 Å². The molecule has 4 aliphatic rings. The Bertz CT molecular complexity index is 1390. The summed E-state index contributed by atoms with van der Waals surface area (Å²) in [5.41, 5.74) is 0. The first-order valence-electron chi connectivity index (χ1n) is 21.0. The van der Waals surface area contributed by atoms with Crippen LogP contribution in [0.3, 0.4) is 0 Å². The first kappa shape index (κ1) is 52.4. The van der Waals surface area contributed by atoms with Crippen molar-refractivity contribution in [2.45, 2.75) is 144 Å². The first-order valence-corrected chi connectivity index (χ1v) is 21.0. The van der Waals surface area contributed by atoms with Gasteiger partial charge in [-0.25, -0.2) is 9.59 Å². The van der Waals surface area contributed by atoms with Gasteiger partial charge in [-0.1, -0.05) is 13.8 Å². The van der Waals surface area contributed by atoms with E-state index in [2.05, 4.69) is 0 Å². The molecule has 0 aromatic rings. The summed E-state index contributed by atoms with van der Waals surface area (Å²) in [5.74, 6) is -7.26. The maximum atomic E-state index is 12.5. The van der Waals surface area contributed by atoms with E-state index in [4.69, 9.17) is 42.6 Å². The van der Waals surface area contributed by atoms with E-state index in [-0.39, 0.29) is 32.8 Å². The molecule has 4 saturated heterocycles. The molecule has 0 aromatic carbocycles. The molecule has 21 atom stereocenters. The summed E-state index contributed by atoms with van der Waals surface area (Å²) in [7, 11) is 0. The number of carboxylic acids is 1. The molecule has 360 valence electrons. The highest BCUT2D eigenvalue weighted by atomic mass is 16.6. The Morgan fingerprint density at radius 3 is 1.61 bits per heavy atom. The summed E-state index contributed by atoms with van der Waals surface area (Å²) in [6, 6.07) is 0. The highest BCUT2D eigenvalue weighted by molar-refractivity contribution is 5.74. The molecule has 0 aromatic heterocycles. The van der Waals surface area contributed by atoms with E-state index in [0.29, 0.717) is 6.42 Å². The first-order chi connectivity index (χ1) is 29.4. The van der Waals surface area contributed by atoms with E-state index in [0.717, 1.165) is 6.92 Å². The van der Waals surface area contributed by atoms with Crippen molar-refractivity contribution in [3.63, 3.8) is 0 Å².